The highest BCUT2D eigenvalue weighted by Gasteiger charge is 2.17. The van der Waals surface area contributed by atoms with Gasteiger partial charge in [0, 0.05) is 6.61 Å². The van der Waals surface area contributed by atoms with Crippen LogP contribution in [0.3, 0.4) is 0 Å². The molecule has 1 aromatic carbocycles. The maximum atomic E-state index is 9.78. The third kappa shape index (κ3) is 6.53. The van der Waals surface area contributed by atoms with Gasteiger partial charge in [0.25, 0.3) is 0 Å². The SMILES string of the molecule is C=CC[C@@H](O)[C@H](O)C[C@@H](C)COCc1ccccc1. The molecule has 2 N–H and O–H groups in total. The monoisotopic (exact) mass is 264 g/mol. The van der Waals surface area contributed by atoms with E-state index in [0.29, 0.717) is 26.1 Å². The van der Waals surface area contributed by atoms with Gasteiger partial charge in [0.15, 0.2) is 0 Å². The van der Waals surface area contributed by atoms with Crippen molar-refractivity contribution in [3.8, 4) is 0 Å². The van der Waals surface area contributed by atoms with Gasteiger partial charge in [0.2, 0.25) is 0 Å². The Bertz CT molecular complexity index is 350. The summed E-state index contributed by atoms with van der Waals surface area (Å²) in [7, 11) is 0. The lowest BCUT2D eigenvalue weighted by Crippen LogP contribution is -2.28. The number of hydrogen-bond donors (Lipinski definition) is 2. The molecule has 1 aromatic rings. The molecule has 0 heterocycles. The Balaban J connectivity index is 2.20. The van der Waals surface area contributed by atoms with Gasteiger partial charge in [-0.05, 0) is 24.3 Å². The molecule has 19 heavy (non-hydrogen) atoms. The van der Waals surface area contributed by atoms with Crippen LogP contribution in [0.2, 0.25) is 0 Å². The van der Waals surface area contributed by atoms with E-state index in [1.807, 2.05) is 37.3 Å². The van der Waals surface area contributed by atoms with Crippen molar-refractivity contribution in [1.82, 2.24) is 0 Å². The lowest BCUT2D eigenvalue weighted by atomic mass is 9.99. The highest BCUT2D eigenvalue weighted by atomic mass is 16.5. The Morgan fingerprint density at radius 2 is 1.89 bits per heavy atom. The number of hydrogen-bond acceptors (Lipinski definition) is 3. The molecule has 0 amide bonds. The fourth-order valence-corrected chi connectivity index (χ4v) is 1.92. The lowest BCUT2D eigenvalue weighted by molar-refractivity contribution is -0.00429. The molecule has 0 aliphatic rings. The summed E-state index contributed by atoms with van der Waals surface area (Å²) >= 11 is 0. The van der Waals surface area contributed by atoms with Crippen LogP contribution in [0.15, 0.2) is 43.0 Å². The van der Waals surface area contributed by atoms with Crippen LogP contribution in [0.4, 0.5) is 0 Å². The van der Waals surface area contributed by atoms with Crippen molar-refractivity contribution in [3.63, 3.8) is 0 Å². The molecule has 0 fully saturated rings. The van der Waals surface area contributed by atoms with Gasteiger partial charge in [-0.2, -0.15) is 0 Å². The molecule has 0 bridgehead atoms. The van der Waals surface area contributed by atoms with Gasteiger partial charge in [-0.15, -0.1) is 6.58 Å². The predicted molar refractivity (Wildman–Crippen MR) is 76.7 cm³/mol. The Morgan fingerprint density at radius 3 is 2.53 bits per heavy atom. The maximum Gasteiger partial charge on any atom is 0.0833 e. The number of ether oxygens (including phenoxy) is 1. The quantitative estimate of drug-likeness (QED) is 0.674. The second-order valence-corrected chi connectivity index (χ2v) is 5.00. The summed E-state index contributed by atoms with van der Waals surface area (Å²) in [6, 6.07) is 9.99. The average Bonchev–Trinajstić information content (AvgIpc) is 2.40. The van der Waals surface area contributed by atoms with Gasteiger partial charge < -0.3 is 14.9 Å². The summed E-state index contributed by atoms with van der Waals surface area (Å²) in [5, 5.41) is 19.4. The fourth-order valence-electron chi connectivity index (χ4n) is 1.92. The molecule has 1 rings (SSSR count). The first-order valence-electron chi connectivity index (χ1n) is 6.72. The molecule has 0 saturated heterocycles. The molecular formula is C16H24O3. The van der Waals surface area contributed by atoms with Gasteiger partial charge in [-0.3, -0.25) is 0 Å². The standard InChI is InChI=1S/C16H24O3/c1-3-7-15(17)16(18)10-13(2)11-19-12-14-8-5-4-6-9-14/h3-6,8-9,13,15-18H,1,7,10-12H2,2H3/t13-,15-,16-/m1/s1. The van der Waals surface area contributed by atoms with Crippen molar-refractivity contribution in [1.29, 1.82) is 0 Å². The molecule has 3 nitrogen and oxygen atoms in total. The highest BCUT2D eigenvalue weighted by molar-refractivity contribution is 5.13. The van der Waals surface area contributed by atoms with Crippen molar-refractivity contribution < 1.29 is 14.9 Å². The average molecular weight is 264 g/mol. The first kappa shape index (κ1) is 15.9. The minimum atomic E-state index is -0.728. The van der Waals surface area contributed by atoms with Crippen LogP contribution in [0.5, 0.6) is 0 Å². The molecule has 0 radical (unpaired) electrons. The maximum absolute atomic E-state index is 9.78. The van der Waals surface area contributed by atoms with E-state index in [1.54, 1.807) is 6.08 Å². The number of aliphatic hydroxyl groups is 2. The summed E-state index contributed by atoms with van der Waals surface area (Å²) in [4.78, 5) is 0. The summed E-state index contributed by atoms with van der Waals surface area (Å²) in [6.07, 6.45) is 1.12. The van der Waals surface area contributed by atoms with Crippen molar-refractivity contribution >= 4 is 0 Å². The van der Waals surface area contributed by atoms with Crippen molar-refractivity contribution in [2.45, 2.75) is 38.6 Å². The molecule has 0 aromatic heterocycles. The minimum Gasteiger partial charge on any atom is -0.390 e. The van der Waals surface area contributed by atoms with Crippen LogP contribution in [0.25, 0.3) is 0 Å². The van der Waals surface area contributed by atoms with E-state index in [0.717, 1.165) is 5.56 Å². The van der Waals surface area contributed by atoms with Crippen LogP contribution in [0.1, 0.15) is 25.3 Å². The topological polar surface area (TPSA) is 49.7 Å². The van der Waals surface area contributed by atoms with Crippen LogP contribution < -0.4 is 0 Å². The molecule has 0 unspecified atom stereocenters. The van der Waals surface area contributed by atoms with Crippen molar-refractivity contribution in [2.75, 3.05) is 6.61 Å². The number of benzene rings is 1. The molecule has 0 aliphatic heterocycles. The van der Waals surface area contributed by atoms with E-state index >= 15 is 0 Å². The zero-order chi connectivity index (χ0) is 14.1. The summed E-state index contributed by atoms with van der Waals surface area (Å²) in [5.41, 5.74) is 1.14. The third-order valence-electron chi connectivity index (χ3n) is 3.01. The minimum absolute atomic E-state index is 0.207. The Hall–Kier alpha value is -1.16. The summed E-state index contributed by atoms with van der Waals surface area (Å²) in [5.74, 6) is 0.207. The Labute approximate surface area is 115 Å². The molecule has 106 valence electrons. The van der Waals surface area contributed by atoms with Gasteiger partial charge in [0.1, 0.15) is 0 Å². The molecule has 3 heteroatoms. The van der Waals surface area contributed by atoms with Gasteiger partial charge in [-0.25, -0.2) is 0 Å². The van der Waals surface area contributed by atoms with Crippen LogP contribution in [-0.2, 0) is 11.3 Å². The molecule has 3 atom stereocenters. The Kier molecular flexibility index (Phi) is 7.41. The van der Waals surface area contributed by atoms with E-state index in [2.05, 4.69) is 6.58 Å². The van der Waals surface area contributed by atoms with Gasteiger partial charge >= 0.3 is 0 Å². The van der Waals surface area contributed by atoms with E-state index < -0.39 is 12.2 Å². The zero-order valence-electron chi connectivity index (χ0n) is 11.5. The van der Waals surface area contributed by atoms with Gasteiger partial charge in [0.05, 0.1) is 18.8 Å². The second-order valence-electron chi connectivity index (χ2n) is 5.00. The smallest absolute Gasteiger partial charge is 0.0833 e. The summed E-state index contributed by atoms with van der Waals surface area (Å²) < 4.78 is 5.61. The first-order chi connectivity index (χ1) is 9.13. The number of aliphatic hydroxyl groups excluding tert-OH is 2. The van der Waals surface area contributed by atoms with Crippen LogP contribution in [-0.4, -0.2) is 29.0 Å². The zero-order valence-corrected chi connectivity index (χ0v) is 11.5. The van der Waals surface area contributed by atoms with E-state index in [-0.39, 0.29) is 5.92 Å². The first-order valence-corrected chi connectivity index (χ1v) is 6.72. The number of rotatable bonds is 9. The largest absolute Gasteiger partial charge is 0.390 e. The van der Waals surface area contributed by atoms with Crippen molar-refractivity contribution in [3.05, 3.63) is 48.6 Å². The second kappa shape index (κ2) is 8.86. The van der Waals surface area contributed by atoms with Crippen molar-refractivity contribution in [2.24, 2.45) is 5.92 Å². The van der Waals surface area contributed by atoms with E-state index in [9.17, 15) is 10.2 Å². The fraction of sp³-hybridized carbons (Fsp3) is 0.500. The molecular weight excluding hydrogens is 240 g/mol. The van der Waals surface area contributed by atoms with E-state index in [4.69, 9.17) is 4.74 Å². The predicted octanol–water partition coefficient (Wildman–Crippen LogP) is 2.53. The highest BCUT2D eigenvalue weighted by Crippen LogP contribution is 2.13. The lowest BCUT2D eigenvalue weighted by Gasteiger charge is -2.20. The normalized spacial score (nSPS) is 15.7. The van der Waals surface area contributed by atoms with E-state index in [1.165, 1.54) is 0 Å². The third-order valence-corrected chi connectivity index (χ3v) is 3.01. The van der Waals surface area contributed by atoms with Gasteiger partial charge in [-0.1, -0.05) is 43.3 Å². The molecule has 0 saturated carbocycles. The Morgan fingerprint density at radius 1 is 1.21 bits per heavy atom. The molecule has 0 spiro atoms. The van der Waals surface area contributed by atoms with Crippen LogP contribution in [0, 0.1) is 5.92 Å². The molecule has 0 aliphatic carbocycles. The van der Waals surface area contributed by atoms with Crippen LogP contribution >= 0.6 is 0 Å². The summed E-state index contributed by atoms with van der Waals surface area (Å²) in [6.45, 7) is 6.71.